The number of aromatic nitrogens is 4. The molecule has 9 rings (SSSR count). The van der Waals surface area contributed by atoms with Gasteiger partial charge in [-0.05, 0) is 121 Å². The predicted molar refractivity (Wildman–Crippen MR) is 339 cm³/mol. The van der Waals surface area contributed by atoms with E-state index in [1.54, 1.807) is 62.8 Å². The summed E-state index contributed by atoms with van der Waals surface area (Å²) < 4.78 is 79.6. The molecule has 0 aliphatic heterocycles. The van der Waals surface area contributed by atoms with Crippen LogP contribution in [0.4, 0.5) is 32.2 Å². The molecule has 15 nitrogen and oxygen atoms in total. The number of rotatable bonds is 18. The molecule has 0 atom stereocenters. The van der Waals surface area contributed by atoms with Gasteiger partial charge in [0.05, 0.1) is 36.3 Å². The monoisotopic (exact) mass is 1290 g/mol. The van der Waals surface area contributed by atoms with Crippen LogP contribution in [0, 0.1) is 34.9 Å². The lowest BCUT2D eigenvalue weighted by atomic mass is 10.0. The van der Waals surface area contributed by atoms with Gasteiger partial charge in [-0.25, -0.2) is 37.2 Å². The summed E-state index contributed by atoms with van der Waals surface area (Å²) >= 11 is 4.89. The van der Waals surface area contributed by atoms with Crippen molar-refractivity contribution in [3.05, 3.63) is 292 Å². The third kappa shape index (κ3) is 28.6. The molecule has 0 bridgehead atoms. The van der Waals surface area contributed by atoms with E-state index in [2.05, 4.69) is 29.9 Å². The molecule has 9 aromatic rings. The molecular weight excluding hydrogens is 1230 g/mol. The van der Waals surface area contributed by atoms with Crippen LogP contribution in [0.25, 0.3) is 0 Å². The number of carbonyl (C=O) groups is 5. The van der Waals surface area contributed by atoms with E-state index in [9.17, 15) is 50.3 Å². The summed E-state index contributed by atoms with van der Waals surface area (Å²) in [6.45, 7) is 8.28. The lowest BCUT2D eigenvalue weighted by molar-refractivity contribution is 0.0974. The van der Waals surface area contributed by atoms with Gasteiger partial charge in [0.25, 0.3) is 5.24 Å². The van der Waals surface area contributed by atoms with E-state index in [-0.39, 0.29) is 43.4 Å². The largest absolute Gasteiger partial charge is 0.397 e. The fourth-order valence-corrected chi connectivity index (χ4v) is 7.34. The highest BCUT2D eigenvalue weighted by Gasteiger charge is 2.20. The number of aliphatic hydroxyl groups is 1. The minimum Gasteiger partial charge on any atom is -0.397 e. The number of hydrogen-bond donors (Lipinski definition) is 3. The maximum atomic E-state index is 13.7. The molecule has 4 aromatic heterocycles. The molecule has 5 N–H and O–H groups in total. The van der Waals surface area contributed by atoms with E-state index in [0.717, 1.165) is 59.2 Å². The van der Waals surface area contributed by atoms with E-state index >= 15 is 0 Å². The van der Waals surface area contributed by atoms with Crippen LogP contribution >= 0.6 is 24.0 Å². The number of aliphatic hydroxyl groups excluding tert-OH is 1. The first kappa shape index (κ1) is 77.5. The number of hydrogen-bond acceptors (Lipinski definition) is 15. The summed E-state index contributed by atoms with van der Waals surface area (Å²) in [4.78, 5) is 82.7. The molecule has 0 saturated heterocycles. The van der Waals surface area contributed by atoms with Crippen LogP contribution in [-0.4, -0.2) is 65.7 Å². The molecule has 23 heteroatoms. The number of pyridine rings is 4. The average molecular weight is 1300 g/mol. The first-order valence-corrected chi connectivity index (χ1v) is 28.0. The molecule has 0 amide bonds. The number of benzene rings is 5. The third-order valence-corrected chi connectivity index (χ3v) is 11.8. The van der Waals surface area contributed by atoms with Crippen molar-refractivity contribution in [1.29, 1.82) is 0 Å². The first-order valence-electron chi connectivity index (χ1n) is 27.6. The van der Waals surface area contributed by atoms with Crippen molar-refractivity contribution in [1.82, 2.24) is 19.9 Å². The van der Waals surface area contributed by atoms with Gasteiger partial charge in [-0.3, -0.25) is 43.8 Å². The summed E-state index contributed by atoms with van der Waals surface area (Å²) in [7, 11) is 0. The summed E-state index contributed by atoms with van der Waals surface area (Å²) in [6, 6.07) is 44.7. The van der Waals surface area contributed by atoms with Crippen molar-refractivity contribution in [3.8, 4) is 0 Å². The molecule has 0 fully saturated rings. The van der Waals surface area contributed by atoms with Gasteiger partial charge >= 0.3 is 0 Å². The van der Waals surface area contributed by atoms with Crippen molar-refractivity contribution >= 4 is 63.9 Å². The molecule has 4 heterocycles. The highest BCUT2D eigenvalue weighted by Crippen LogP contribution is 2.18. The SMILES string of the molecule is CC/C(=N\OCc1ccccc1)c1ccc(CC(=O)c2c(F)cccc2F)nc1.CCC(=O)c1ccc(CC(=O)c2c(F)cccc2F)nc1.CCC(=O)c1ccc(N)nc1.CCO.Cl.NOCc1ccccc1.O=C(Cl)c1c(F)cccc1F.c1ccncc1. The number of halogens is 8. The molecule has 0 spiro atoms. The molecule has 91 heavy (non-hydrogen) atoms. The number of ketones is 4. The van der Waals surface area contributed by atoms with Gasteiger partial charge in [0.2, 0.25) is 0 Å². The van der Waals surface area contributed by atoms with E-state index in [0.29, 0.717) is 66.5 Å². The number of nitrogens with zero attached hydrogens (tertiary/aromatic N) is 5. The molecular formula is C68H67Cl2F6N7O8. The zero-order chi connectivity index (χ0) is 66.2. The van der Waals surface area contributed by atoms with Crippen LogP contribution < -0.4 is 11.6 Å². The van der Waals surface area contributed by atoms with Crippen LogP contribution in [0.15, 0.2) is 206 Å². The second kappa shape index (κ2) is 43.9. The van der Waals surface area contributed by atoms with Gasteiger partial charge in [-0.15, -0.1) is 12.4 Å². The summed E-state index contributed by atoms with van der Waals surface area (Å²) in [5.74, 6) is -1.41. The molecule has 0 unspecified atom stereocenters. The highest BCUT2D eigenvalue weighted by molar-refractivity contribution is 6.67. The van der Waals surface area contributed by atoms with Crippen LogP contribution in [0.2, 0.25) is 0 Å². The van der Waals surface area contributed by atoms with Gasteiger partial charge in [0.15, 0.2) is 23.1 Å². The van der Waals surface area contributed by atoms with Gasteiger partial charge in [0, 0.05) is 78.5 Å². The maximum Gasteiger partial charge on any atom is 0.258 e. The lowest BCUT2D eigenvalue weighted by Crippen LogP contribution is -2.10. The minimum atomic E-state index is -1.12. The van der Waals surface area contributed by atoms with Crippen LogP contribution in [0.1, 0.15) is 127 Å². The summed E-state index contributed by atoms with van der Waals surface area (Å²) in [5, 5.41) is 10.6. The van der Waals surface area contributed by atoms with Crippen LogP contribution in [0.3, 0.4) is 0 Å². The fraction of sp³-hybridized carbons (Fsp3) is 0.176. The van der Waals surface area contributed by atoms with Gasteiger partial charge < -0.3 is 15.7 Å². The van der Waals surface area contributed by atoms with Crippen molar-refractivity contribution in [2.24, 2.45) is 11.1 Å². The summed E-state index contributed by atoms with van der Waals surface area (Å²) in [5.41, 5.74) is 8.98. The highest BCUT2D eigenvalue weighted by atomic mass is 35.5. The number of carbonyl (C=O) groups excluding carboxylic acids is 5. The molecule has 5 aromatic carbocycles. The Labute approximate surface area is 534 Å². The van der Waals surface area contributed by atoms with Crippen LogP contribution in [0.5, 0.6) is 0 Å². The third-order valence-electron chi connectivity index (χ3n) is 11.6. The second-order valence-electron chi connectivity index (χ2n) is 18.2. The predicted octanol–water partition coefficient (Wildman–Crippen LogP) is 14.7. The van der Waals surface area contributed by atoms with Gasteiger partial charge in [-0.2, -0.15) is 0 Å². The Balaban J connectivity index is 0.000000396. The molecule has 0 radical (unpaired) electrons. The van der Waals surface area contributed by atoms with Crippen molar-refractivity contribution < 1.29 is 65.1 Å². The number of Topliss-reactive ketones (excluding diaryl/α,β-unsaturated/α-hetero) is 4. The normalized spacial score (nSPS) is 10.0. The van der Waals surface area contributed by atoms with E-state index in [4.69, 9.17) is 33.2 Å². The van der Waals surface area contributed by atoms with Gasteiger partial charge in [-0.1, -0.05) is 111 Å². The minimum absolute atomic E-state index is 0. The molecule has 0 aliphatic rings. The van der Waals surface area contributed by atoms with Crippen molar-refractivity contribution in [3.63, 3.8) is 0 Å². The Bertz CT molecular complexity index is 3580. The second-order valence-corrected chi connectivity index (χ2v) is 18.5. The Morgan fingerprint density at radius 3 is 1.15 bits per heavy atom. The van der Waals surface area contributed by atoms with E-state index in [1.807, 2.05) is 92.7 Å². The lowest BCUT2D eigenvalue weighted by Gasteiger charge is -2.07. The smallest absolute Gasteiger partial charge is 0.258 e. The summed E-state index contributed by atoms with van der Waals surface area (Å²) in [6.07, 6.45) is 9.03. The average Bonchev–Trinajstić information content (AvgIpc) is 1.34. The van der Waals surface area contributed by atoms with E-state index in [1.165, 1.54) is 30.6 Å². The number of nitrogen functional groups attached to an aromatic ring is 1. The molecule has 0 aliphatic carbocycles. The van der Waals surface area contributed by atoms with Crippen LogP contribution in [-0.2, 0) is 35.7 Å². The van der Waals surface area contributed by atoms with Crippen molar-refractivity contribution in [2.75, 3.05) is 12.3 Å². The standard InChI is InChI=1S/C23H20F2N2O2.C16H13F2NO2.C8H10N2O.C7H3ClF2O.C7H9NO.C5H5N.C2H6O.ClH/c1-2-21(27-29-15-16-7-4-3-5-8-16)17-11-12-18(26-14-17)13-22(28)23-19(24)9-6-10-20(23)25;1-2-14(20)10-6-7-11(19-9-10)8-15(21)16-12(17)4-3-5-13(16)18;1-2-7(11)6-3-4-8(9)10-5-6;8-7(11)6-4(9)2-1-3-5(6)10;8-9-6-7-4-2-1-3-5-7;1-2-4-6-5-3-1;1-2-3;/h3-12,14H,2,13,15H2,1H3;3-7,9H,2,8H2,1H3;3-5H,2H2,1H3,(H2,9,10);1-3H;1-5H,6,8H2;1-5H;3H,2H2,1H3;1H/b27-21+;;;;;;;. The topological polar surface area (TPSA) is 240 Å². The quantitative estimate of drug-likeness (QED) is 0.0238. The first-order chi connectivity index (χ1) is 43.3. The van der Waals surface area contributed by atoms with Crippen molar-refractivity contribution in [2.45, 2.75) is 73.0 Å². The molecule has 0 saturated carbocycles. The Hall–Kier alpha value is -9.64. The number of nitrogens with two attached hydrogens (primary N) is 2. The Morgan fingerprint density at radius 2 is 0.846 bits per heavy atom. The zero-order valence-electron chi connectivity index (χ0n) is 50.0. The fourth-order valence-electron chi connectivity index (χ4n) is 7.16. The number of oxime groups is 1. The Kier molecular flexibility index (Phi) is 37.4. The molecule has 478 valence electrons. The van der Waals surface area contributed by atoms with E-state index < -0.39 is 68.4 Å². The van der Waals surface area contributed by atoms with Gasteiger partial charge in [0.1, 0.15) is 52.9 Å². The zero-order valence-corrected chi connectivity index (χ0v) is 51.5. The number of anilines is 1. The maximum absolute atomic E-state index is 13.7. The Morgan fingerprint density at radius 1 is 0.473 bits per heavy atom.